The summed E-state index contributed by atoms with van der Waals surface area (Å²) in [6.45, 7) is 4.63. The van der Waals surface area contributed by atoms with Crippen molar-refractivity contribution in [3.63, 3.8) is 0 Å². The topological polar surface area (TPSA) is 49.7 Å². The van der Waals surface area contributed by atoms with Crippen LogP contribution in [-0.2, 0) is 4.79 Å². The van der Waals surface area contributed by atoms with Gasteiger partial charge in [0.2, 0.25) is 0 Å². The van der Waals surface area contributed by atoms with Gasteiger partial charge in [0.1, 0.15) is 5.71 Å². The number of hydrogen-bond acceptors (Lipinski definition) is 3. The number of hydrogen-bond donors (Lipinski definition) is 1. The number of ketones is 1. The van der Waals surface area contributed by atoms with Crippen molar-refractivity contribution >= 4 is 11.5 Å². The van der Waals surface area contributed by atoms with Gasteiger partial charge in [-0.1, -0.05) is 31.2 Å². The van der Waals surface area contributed by atoms with Crippen LogP contribution in [0.5, 0.6) is 0 Å². The first-order chi connectivity index (χ1) is 10.5. The fraction of sp³-hybridized carbons (Fsp3) is 0.789. The number of nitrogens with zero attached hydrogens (tertiary/aromatic N) is 1. The van der Waals surface area contributed by atoms with E-state index in [2.05, 4.69) is 31.2 Å². The summed E-state index contributed by atoms with van der Waals surface area (Å²) in [6, 6.07) is 0. The standard InChI is InChI=1S/C19H27NO2/c1-18-9-4-3-5-12(18)6-7-13-14(18)8-10-19(2)15(13)11-16(20-22)17(19)21/h3-4,12-15,22H,5-11H2,1-2H3/b20-16-/t12-,13+,14-,15+,18+,19+/m1/s1. The molecule has 0 bridgehead atoms. The maximum atomic E-state index is 12.6. The van der Waals surface area contributed by atoms with Crippen LogP contribution in [0.3, 0.4) is 0 Å². The Kier molecular flexibility index (Phi) is 3.08. The molecule has 3 fully saturated rings. The van der Waals surface area contributed by atoms with E-state index in [9.17, 15) is 10.0 Å². The van der Waals surface area contributed by atoms with Crippen molar-refractivity contribution < 1.29 is 10.0 Å². The molecule has 0 aromatic rings. The molecule has 0 spiro atoms. The van der Waals surface area contributed by atoms with Gasteiger partial charge in [0, 0.05) is 11.8 Å². The lowest BCUT2D eigenvalue weighted by Crippen LogP contribution is -2.52. The quantitative estimate of drug-likeness (QED) is 0.414. The summed E-state index contributed by atoms with van der Waals surface area (Å²) in [5, 5.41) is 12.5. The molecule has 3 heteroatoms. The average Bonchev–Trinajstić information content (AvgIpc) is 2.78. The van der Waals surface area contributed by atoms with Crippen LogP contribution >= 0.6 is 0 Å². The normalized spacial score (nSPS) is 52.3. The van der Waals surface area contributed by atoms with Gasteiger partial charge in [-0.3, -0.25) is 4.79 Å². The lowest BCUT2D eigenvalue weighted by atomic mass is 9.46. The lowest BCUT2D eigenvalue weighted by molar-refractivity contribution is -0.133. The van der Waals surface area contributed by atoms with Gasteiger partial charge in [-0.05, 0) is 67.6 Å². The van der Waals surface area contributed by atoms with E-state index < -0.39 is 0 Å². The molecule has 3 nitrogen and oxygen atoms in total. The van der Waals surface area contributed by atoms with E-state index >= 15 is 0 Å². The summed E-state index contributed by atoms with van der Waals surface area (Å²) in [5.74, 6) is 2.71. The molecule has 0 radical (unpaired) electrons. The van der Waals surface area contributed by atoms with E-state index in [4.69, 9.17) is 0 Å². The molecule has 120 valence electrons. The Hall–Kier alpha value is -1.12. The first-order valence-corrected chi connectivity index (χ1v) is 8.91. The summed E-state index contributed by atoms with van der Waals surface area (Å²) >= 11 is 0. The monoisotopic (exact) mass is 301 g/mol. The summed E-state index contributed by atoms with van der Waals surface area (Å²) < 4.78 is 0. The summed E-state index contributed by atoms with van der Waals surface area (Å²) in [7, 11) is 0. The van der Waals surface area contributed by atoms with Crippen LogP contribution in [0.15, 0.2) is 17.3 Å². The number of rotatable bonds is 0. The molecular weight excluding hydrogens is 274 g/mol. The molecule has 0 aromatic carbocycles. The molecule has 1 N–H and O–H groups in total. The van der Waals surface area contributed by atoms with Crippen molar-refractivity contribution in [3.8, 4) is 0 Å². The van der Waals surface area contributed by atoms with Crippen molar-refractivity contribution in [2.45, 2.75) is 58.8 Å². The van der Waals surface area contributed by atoms with E-state index in [1.54, 1.807) is 0 Å². The predicted octanol–water partition coefficient (Wildman–Crippen LogP) is 4.20. The number of fused-ring (bicyclic) bond motifs is 5. The Balaban J connectivity index is 1.70. The first-order valence-electron chi connectivity index (χ1n) is 8.91. The van der Waals surface area contributed by atoms with E-state index in [0.29, 0.717) is 29.4 Å². The van der Waals surface area contributed by atoms with Crippen LogP contribution < -0.4 is 0 Å². The molecule has 0 saturated heterocycles. The van der Waals surface area contributed by atoms with Gasteiger partial charge >= 0.3 is 0 Å². The van der Waals surface area contributed by atoms with E-state index in [-0.39, 0.29) is 11.2 Å². The third-order valence-electron chi connectivity index (χ3n) is 7.91. The molecule has 4 aliphatic rings. The number of allylic oxidation sites excluding steroid dienone is 2. The lowest BCUT2D eigenvalue weighted by Gasteiger charge is -2.58. The zero-order valence-corrected chi connectivity index (χ0v) is 13.7. The Morgan fingerprint density at radius 2 is 2.00 bits per heavy atom. The Labute approximate surface area is 132 Å². The number of carbonyl (C=O) groups excluding carboxylic acids is 1. The number of oxime groups is 1. The van der Waals surface area contributed by atoms with Crippen molar-refractivity contribution in [1.29, 1.82) is 0 Å². The van der Waals surface area contributed by atoms with E-state index in [1.165, 1.54) is 32.1 Å². The second-order valence-electron chi connectivity index (χ2n) is 8.60. The smallest absolute Gasteiger partial charge is 0.186 e. The van der Waals surface area contributed by atoms with Crippen LogP contribution in [-0.4, -0.2) is 16.7 Å². The highest BCUT2D eigenvalue weighted by Crippen LogP contribution is 2.64. The van der Waals surface area contributed by atoms with Crippen molar-refractivity contribution in [1.82, 2.24) is 0 Å². The molecule has 4 rings (SSSR count). The maximum absolute atomic E-state index is 12.6. The minimum absolute atomic E-state index is 0.120. The van der Waals surface area contributed by atoms with Gasteiger partial charge in [-0.25, -0.2) is 0 Å². The second kappa shape index (κ2) is 4.69. The molecule has 0 amide bonds. The first kappa shape index (κ1) is 14.5. The van der Waals surface area contributed by atoms with Crippen molar-refractivity contribution in [3.05, 3.63) is 12.2 Å². The highest BCUT2D eigenvalue weighted by molar-refractivity contribution is 6.43. The van der Waals surface area contributed by atoms with Gasteiger partial charge in [0.15, 0.2) is 5.78 Å². The molecule has 22 heavy (non-hydrogen) atoms. The Morgan fingerprint density at radius 3 is 2.77 bits per heavy atom. The van der Waals surface area contributed by atoms with Crippen LogP contribution in [0.4, 0.5) is 0 Å². The third kappa shape index (κ3) is 1.68. The average molecular weight is 301 g/mol. The van der Waals surface area contributed by atoms with Crippen LogP contribution in [0.25, 0.3) is 0 Å². The van der Waals surface area contributed by atoms with Gasteiger partial charge in [-0.15, -0.1) is 0 Å². The zero-order valence-electron chi connectivity index (χ0n) is 13.7. The highest BCUT2D eigenvalue weighted by atomic mass is 16.4. The van der Waals surface area contributed by atoms with Gasteiger partial charge in [0.05, 0.1) is 0 Å². The molecule has 4 aliphatic carbocycles. The minimum Gasteiger partial charge on any atom is -0.411 e. The molecule has 0 unspecified atom stereocenters. The minimum atomic E-state index is -0.267. The molecular formula is C19H27NO2. The van der Waals surface area contributed by atoms with Crippen LogP contribution in [0, 0.1) is 34.5 Å². The Morgan fingerprint density at radius 1 is 1.18 bits per heavy atom. The third-order valence-corrected chi connectivity index (χ3v) is 7.91. The van der Waals surface area contributed by atoms with Crippen molar-refractivity contribution in [2.24, 2.45) is 39.7 Å². The SMILES string of the molecule is C[C@]12CC=CC[C@@H]1CC[C@H]1[C@H]2CC[C@]2(C)C(=O)/C(=N\O)C[C@@H]12. The Bertz CT molecular complexity index is 566. The molecule has 0 heterocycles. The highest BCUT2D eigenvalue weighted by Gasteiger charge is 2.61. The summed E-state index contributed by atoms with van der Waals surface area (Å²) in [4.78, 5) is 12.6. The summed E-state index contributed by atoms with van der Waals surface area (Å²) in [5.41, 5.74) is 0.585. The number of carbonyl (C=O) groups is 1. The van der Waals surface area contributed by atoms with Gasteiger partial charge < -0.3 is 5.21 Å². The van der Waals surface area contributed by atoms with Crippen LogP contribution in [0.2, 0.25) is 0 Å². The molecule has 6 atom stereocenters. The van der Waals surface area contributed by atoms with Gasteiger partial charge in [0.25, 0.3) is 0 Å². The van der Waals surface area contributed by atoms with E-state index in [1.807, 2.05) is 0 Å². The largest absolute Gasteiger partial charge is 0.411 e. The fourth-order valence-corrected chi connectivity index (χ4v) is 6.53. The van der Waals surface area contributed by atoms with E-state index in [0.717, 1.165) is 18.3 Å². The summed E-state index contributed by atoms with van der Waals surface area (Å²) in [6.07, 6.45) is 12.6. The molecule has 0 aliphatic heterocycles. The second-order valence-corrected chi connectivity index (χ2v) is 8.60. The maximum Gasteiger partial charge on any atom is 0.186 e. The molecule has 0 aromatic heterocycles. The van der Waals surface area contributed by atoms with Crippen molar-refractivity contribution in [2.75, 3.05) is 0 Å². The van der Waals surface area contributed by atoms with Crippen LogP contribution in [0.1, 0.15) is 58.8 Å². The van der Waals surface area contributed by atoms with Gasteiger partial charge in [-0.2, -0.15) is 0 Å². The zero-order chi connectivity index (χ0) is 15.5. The fourth-order valence-electron chi connectivity index (χ4n) is 6.53. The predicted molar refractivity (Wildman–Crippen MR) is 85.9 cm³/mol. The number of Topliss-reactive ketones (excluding diaryl/α,β-unsaturated/α-hetero) is 1. The molecule has 3 saturated carbocycles.